The van der Waals surface area contributed by atoms with Crippen LogP contribution in [0.5, 0.6) is 0 Å². The van der Waals surface area contributed by atoms with Gasteiger partial charge in [-0.25, -0.2) is 0 Å². The second-order valence-corrected chi connectivity index (χ2v) is 10.5. The predicted molar refractivity (Wildman–Crippen MR) is 162 cm³/mol. The van der Waals surface area contributed by atoms with Gasteiger partial charge in [0.05, 0.1) is 0 Å². The van der Waals surface area contributed by atoms with Crippen molar-refractivity contribution in [2.24, 2.45) is 5.92 Å². The fourth-order valence-electron chi connectivity index (χ4n) is 5.41. The van der Waals surface area contributed by atoms with Crippen LogP contribution in [0.15, 0.2) is 59.7 Å². The van der Waals surface area contributed by atoms with Gasteiger partial charge in [0.1, 0.15) is 0 Å². The molecule has 3 heteroatoms. The molecule has 1 saturated carbocycles. The molecule has 1 unspecified atom stereocenters. The number of rotatable bonds is 13. The number of allylic oxidation sites excluding steroid dienone is 2. The summed E-state index contributed by atoms with van der Waals surface area (Å²) in [6, 6.07) is 17.5. The zero-order valence-corrected chi connectivity index (χ0v) is 23.9. The molecule has 3 nitrogen and oxygen atoms in total. The summed E-state index contributed by atoms with van der Waals surface area (Å²) in [5.41, 5.74) is 6.68. The standard InChI is InChI=1S/C34H48N2O/c1-6-19-35(20-7-2)32-15-11-28(12-16-32)25-30-23-27(10-5)24-31(34(30)37)26-29-13-17-33(18-14-29)36(21-8-3)22-9-4/h11-18,25-27H,6-10,19-24H2,1-5H3/b30-25-,31-26+. The van der Waals surface area contributed by atoms with Crippen LogP contribution < -0.4 is 9.80 Å². The molecule has 0 spiro atoms. The molecule has 3 rings (SSSR count). The minimum atomic E-state index is 0.218. The van der Waals surface area contributed by atoms with Crippen LogP contribution >= 0.6 is 0 Å². The van der Waals surface area contributed by atoms with E-state index >= 15 is 0 Å². The number of carbonyl (C=O) groups is 1. The van der Waals surface area contributed by atoms with Crippen molar-refractivity contribution in [3.63, 3.8) is 0 Å². The SMILES string of the molecule is CCCN(CCC)c1ccc(/C=C2/CC(CC)C/C(=C\c3ccc(N(CCC)CCC)cc3)C2=O)cc1. The summed E-state index contributed by atoms with van der Waals surface area (Å²) in [6.45, 7) is 15.5. The van der Waals surface area contributed by atoms with E-state index in [2.05, 4.69) is 105 Å². The number of nitrogens with zero attached hydrogens (tertiary/aromatic N) is 2. The Morgan fingerprint density at radius 3 is 1.27 bits per heavy atom. The maximum atomic E-state index is 13.5. The molecule has 2 aromatic carbocycles. The maximum absolute atomic E-state index is 13.5. The van der Waals surface area contributed by atoms with Gasteiger partial charge in [-0.1, -0.05) is 65.3 Å². The third-order valence-electron chi connectivity index (χ3n) is 7.35. The Balaban J connectivity index is 1.81. The van der Waals surface area contributed by atoms with Crippen LogP contribution in [0, 0.1) is 5.92 Å². The molecule has 0 radical (unpaired) electrons. The lowest BCUT2D eigenvalue weighted by Crippen LogP contribution is -2.24. The van der Waals surface area contributed by atoms with Crippen molar-refractivity contribution in [1.82, 2.24) is 0 Å². The Labute approximate surface area is 226 Å². The molecular formula is C34H48N2O. The number of Topliss-reactive ketones (excluding diaryl/α,β-unsaturated/α-hetero) is 1. The number of hydrogen-bond acceptors (Lipinski definition) is 3. The molecule has 1 atom stereocenters. The second kappa shape index (κ2) is 14.8. The maximum Gasteiger partial charge on any atom is 0.185 e. The van der Waals surface area contributed by atoms with Gasteiger partial charge in [0, 0.05) is 48.7 Å². The summed E-state index contributed by atoms with van der Waals surface area (Å²) in [7, 11) is 0. The van der Waals surface area contributed by atoms with E-state index in [0.29, 0.717) is 5.92 Å². The summed E-state index contributed by atoms with van der Waals surface area (Å²) in [4.78, 5) is 18.4. The summed E-state index contributed by atoms with van der Waals surface area (Å²) in [6.07, 6.45) is 11.7. The van der Waals surface area contributed by atoms with Crippen molar-refractivity contribution < 1.29 is 4.79 Å². The molecule has 1 aliphatic carbocycles. The largest absolute Gasteiger partial charge is 0.372 e. The van der Waals surface area contributed by atoms with Crippen molar-refractivity contribution in [3.05, 3.63) is 70.8 Å². The Morgan fingerprint density at radius 1 is 0.622 bits per heavy atom. The van der Waals surface area contributed by atoms with Crippen LogP contribution in [0.1, 0.15) is 90.7 Å². The quantitative estimate of drug-likeness (QED) is 0.257. The minimum Gasteiger partial charge on any atom is -0.372 e. The lowest BCUT2D eigenvalue weighted by Gasteiger charge is -2.26. The van der Waals surface area contributed by atoms with Crippen LogP contribution in [0.2, 0.25) is 0 Å². The molecule has 0 saturated heterocycles. The molecule has 2 aromatic rings. The molecule has 0 bridgehead atoms. The Kier molecular flexibility index (Phi) is 11.5. The summed E-state index contributed by atoms with van der Waals surface area (Å²) in [5.74, 6) is 0.734. The number of ketones is 1. The molecule has 200 valence electrons. The number of hydrogen-bond donors (Lipinski definition) is 0. The van der Waals surface area contributed by atoms with E-state index < -0.39 is 0 Å². The van der Waals surface area contributed by atoms with Crippen molar-refractivity contribution in [2.75, 3.05) is 36.0 Å². The monoisotopic (exact) mass is 500 g/mol. The fraction of sp³-hybridized carbons (Fsp3) is 0.500. The Morgan fingerprint density at radius 2 is 0.973 bits per heavy atom. The van der Waals surface area contributed by atoms with Crippen molar-refractivity contribution in [3.8, 4) is 0 Å². The third kappa shape index (κ3) is 8.09. The van der Waals surface area contributed by atoms with Gasteiger partial charge in [-0.2, -0.15) is 0 Å². The molecular weight excluding hydrogens is 452 g/mol. The summed E-state index contributed by atoms with van der Waals surface area (Å²) in [5, 5.41) is 0. The van der Waals surface area contributed by atoms with Gasteiger partial charge >= 0.3 is 0 Å². The van der Waals surface area contributed by atoms with Gasteiger partial charge in [-0.15, -0.1) is 0 Å². The van der Waals surface area contributed by atoms with Gasteiger partial charge in [0.2, 0.25) is 0 Å². The molecule has 0 aliphatic heterocycles. The second-order valence-electron chi connectivity index (χ2n) is 10.5. The summed E-state index contributed by atoms with van der Waals surface area (Å²) >= 11 is 0. The lowest BCUT2D eigenvalue weighted by atomic mass is 9.78. The highest BCUT2D eigenvalue weighted by Crippen LogP contribution is 2.34. The van der Waals surface area contributed by atoms with E-state index in [4.69, 9.17) is 0 Å². The Bertz CT molecular complexity index is 939. The normalized spacial score (nSPS) is 18.0. The third-order valence-corrected chi connectivity index (χ3v) is 7.35. The molecule has 37 heavy (non-hydrogen) atoms. The van der Waals surface area contributed by atoms with Crippen molar-refractivity contribution in [1.29, 1.82) is 0 Å². The molecule has 1 fully saturated rings. The summed E-state index contributed by atoms with van der Waals surface area (Å²) < 4.78 is 0. The van der Waals surface area contributed by atoms with E-state index in [1.54, 1.807) is 0 Å². The zero-order chi connectivity index (χ0) is 26.6. The number of carbonyl (C=O) groups excluding carboxylic acids is 1. The zero-order valence-electron chi connectivity index (χ0n) is 23.9. The van der Waals surface area contributed by atoms with Gasteiger partial charge in [-0.3, -0.25) is 4.79 Å². The molecule has 0 aromatic heterocycles. The Hall–Kier alpha value is -2.81. The van der Waals surface area contributed by atoms with Gasteiger partial charge in [-0.05, 0) is 92.0 Å². The van der Waals surface area contributed by atoms with Gasteiger partial charge in [0.25, 0.3) is 0 Å². The topological polar surface area (TPSA) is 23.6 Å². The lowest BCUT2D eigenvalue weighted by molar-refractivity contribution is -0.113. The van der Waals surface area contributed by atoms with E-state index in [1.165, 1.54) is 11.4 Å². The van der Waals surface area contributed by atoms with Gasteiger partial charge < -0.3 is 9.80 Å². The van der Waals surface area contributed by atoms with Crippen LogP contribution in [-0.4, -0.2) is 32.0 Å². The molecule has 0 heterocycles. The van der Waals surface area contributed by atoms with Crippen molar-refractivity contribution >= 4 is 29.3 Å². The first-order valence-corrected chi connectivity index (χ1v) is 14.7. The average molecular weight is 501 g/mol. The molecule has 0 amide bonds. The first-order valence-electron chi connectivity index (χ1n) is 14.7. The highest BCUT2D eigenvalue weighted by Gasteiger charge is 2.26. The highest BCUT2D eigenvalue weighted by atomic mass is 16.1. The molecule has 0 N–H and O–H groups in total. The highest BCUT2D eigenvalue weighted by molar-refractivity contribution is 6.14. The minimum absolute atomic E-state index is 0.218. The average Bonchev–Trinajstić information content (AvgIpc) is 2.91. The first kappa shape index (κ1) is 28.8. The fourth-order valence-corrected chi connectivity index (χ4v) is 5.41. The van der Waals surface area contributed by atoms with E-state index in [1.807, 2.05) is 0 Å². The predicted octanol–water partition coefficient (Wildman–Crippen LogP) is 8.80. The van der Waals surface area contributed by atoms with E-state index in [-0.39, 0.29) is 5.78 Å². The van der Waals surface area contributed by atoms with Crippen molar-refractivity contribution in [2.45, 2.75) is 79.6 Å². The smallest absolute Gasteiger partial charge is 0.185 e. The first-order chi connectivity index (χ1) is 18.0. The van der Waals surface area contributed by atoms with E-state index in [9.17, 15) is 4.79 Å². The number of benzene rings is 2. The van der Waals surface area contributed by atoms with Crippen LogP contribution in [0.3, 0.4) is 0 Å². The molecule has 1 aliphatic rings. The number of anilines is 2. The van der Waals surface area contributed by atoms with Gasteiger partial charge in [0.15, 0.2) is 5.78 Å². The van der Waals surface area contributed by atoms with Crippen LogP contribution in [-0.2, 0) is 4.79 Å². The van der Waals surface area contributed by atoms with E-state index in [0.717, 1.165) is 93.4 Å². The van der Waals surface area contributed by atoms with Crippen LogP contribution in [0.4, 0.5) is 11.4 Å². The van der Waals surface area contributed by atoms with Crippen LogP contribution in [0.25, 0.3) is 12.2 Å².